The average Bonchev–Trinajstić information content (AvgIpc) is 2.58. The van der Waals surface area contributed by atoms with Crippen LogP contribution in [0.15, 0.2) is 12.3 Å². The zero-order chi connectivity index (χ0) is 13.4. The van der Waals surface area contributed by atoms with Crippen molar-refractivity contribution in [1.82, 2.24) is 10.2 Å². The molecule has 0 aromatic carbocycles. The van der Waals surface area contributed by atoms with Gasteiger partial charge in [-0.15, -0.1) is 0 Å². The smallest absolute Gasteiger partial charge is 0.410 e. The van der Waals surface area contributed by atoms with Gasteiger partial charge in [0.05, 0.1) is 0 Å². The summed E-state index contributed by atoms with van der Waals surface area (Å²) in [5.41, 5.74) is 0.748. The number of likely N-dealkylation sites (tertiary alicyclic amines) is 1. The molecule has 2 saturated heterocycles. The number of nitrogens with one attached hydrogen (secondary N) is 1. The van der Waals surface area contributed by atoms with E-state index < -0.39 is 5.60 Å². The second kappa shape index (κ2) is 4.48. The molecule has 0 aliphatic carbocycles. The first-order chi connectivity index (χ1) is 8.32. The summed E-state index contributed by atoms with van der Waals surface area (Å²) >= 11 is 0. The third-order valence-electron chi connectivity index (χ3n) is 3.81. The highest BCUT2D eigenvalue weighted by Gasteiger charge is 2.43. The van der Waals surface area contributed by atoms with E-state index in [0.717, 1.165) is 44.6 Å². The average molecular weight is 252 g/mol. The van der Waals surface area contributed by atoms with Crippen LogP contribution in [0.1, 0.15) is 40.0 Å². The van der Waals surface area contributed by atoms with E-state index in [4.69, 9.17) is 4.74 Å². The Bertz CT molecular complexity index is 359. The van der Waals surface area contributed by atoms with E-state index in [1.807, 2.05) is 25.7 Å². The number of nitrogens with zero attached hydrogens (tertiary/aromatic N) is 1. The molecule has 0 aromatic heterocycles. The maximum Gasteiger partial charge on any atom is 0.410 e. The van der Waals surface area contributed by atoms with Crippen molar-refractivity contribution < 1.29 is 9.53 Å². The molecule has 4 nitrogen and oxygen atoms in total. The number of hydrogen-bond donors (Lipinski definition) is 1. The van der Waals surface area contributed by atoms with E-state index in [9.17, 15) is 4.79 Å². The van der Waals surface area contributed by atoms with Gasteiger partial charge in [0.1, 0.15) is 5.60 Å². The molecular formula is C14H24N2O2. The number of hydrogen-bond acceptors (Lipinski definition) is 3. The summed E-state index contributed by atoms with van der Waals surface area (Å²) < 4.78 is 5.45. The first-order valence-electron chi connectivity index (χ1n) is 6.74. The van der Waals surface area contributed by atoms with Crippen molar-refractivity contribution in [2.45, 2.75) is 45.6 Å². The van der Waals surface area contributed by atoms with Gasteiger partial charge in [0.15, 0.2) is 0 Å². The summed E-state index contributed by atoms with van der Waals surface area (Å²) in [6.45, 7) is 12.3. The Morgan fingerprint density at radius 1 is 1.44 bits per heavy atom. The van der Waals surface area contributed by atoms with E-state index >= 15 is 0 Å². The molecule has 1 atom stereocenters. The van der Waals surface area contributed by atoms with Crippen molar-refractivity contribution in [2.75, 3.05) is 19.6 Å². The molecule has 1 unspecified atom stereocenters. The standard InChI is InChI=1S/C14H24N2O2/c1-11-14(7-8-15-11)6-5-9-16(10-14)12(17)18-13(2,3)4/h15H,1,5-10H2,2-4H3. The molecule has 2 aliphatic heterocycles. The summed E-state index contributed by atoms with van der Waals surface area (Å²) in [5, 5.41) is 3.31. The largest absolute Gasteiger partial charge is 0.444 e. The van der Waals surface area contributed by atoms with Gasteiger partial charge in [-0.3, -0.25) is 0 Å². The Morgan fingerprint density at radius 2 is 2.17 bits per heavy atom. The van der Waals surface area contributed by atoms with Gasteiger partial charge in [0, 0.05) is 30.7 Å². The lowest BCUT2D eigenvalue weighted by Gasteiger charge is -2.40. The zero-order valence-corrected chi connectivity index (χ0v) is 11.7. The third kappa shape index (κ3) is 2.62. The van der Waals surface area contributed by atoms with Crippen LogP contribution in [0.3, 0.4) is 0 Å². The normalized spacial score (nSPS) is 28.4. The van der Waals surface area contributed by atoms with E-state index in [-0.39, 0.29) is 11.5 Å². The second-order valence-electron chi connectivity index (χ2n) is 6.44. The predicted molar refractivity (Wildman–Crippen MR) is 71.2 cm³/mol. The van der Waals surface area contributed by atoms with Crippen molar-refractivity contribution in [1.29, 1.82) is 0 Å². The van der Waals surface area contributed by atoms with Gasteiger partial charge in [-0.05, 0) is 40.0 Å². The molecule has 102 valence electrons. The SMILES string of the molecule is C=C1NCCC12CCCN(C(=O)OC(C)(C)C)C2. The quantitative estimate of drug-likeness (QED) is 0.720. The van der Waals surface area contributed by atoms with Crippen molar-refractivity contribution >= 4 is 6.09 Å². The molecule has 1 spiro atoms. The Kier molecular flexibility index (Phi) is 3.30. The van der Waals surface area contributed by atoms with Crippen molar-refractivity contribution in [3.05, 3.63) is 12.3 Å². The maximum atomic E-state index is 12.1. The van der Waals surface area contributed by atoms with Crippen LogP contribution in [0.25, 0.3) is 0 Å². The van der Waals surface area contributed by atoms with Crippen LogP contribution in [-0.4, -0.2) is 36.2 Å². The van der Waals surface area contributed by atoms with E-state index in [0.29, 0.717) is 0 Å². The lowest BCUT2D eigenvalue weighted by atomic mass is 9.77. The van der Waals surface area contributed by atoms with Crippen molar-refractivity contribution in [3.63, 3.8) is 0 Å². The van der Waals surface area contributed by atoms with Gasteiger partial charge in [-0.1, -0.05) is 6.58 Å². The molecular weight excluding hydrogens is 228 g/mol. The van der Waals surface area contributed by atoms with Gasteiger partial charge < -0.3 is 15.0 Å². The first-order valence-corrected chi connectivity index (χ1v) is 6.74. The fraction of sp³-hybridized carbons (Fsp3) is 0.786. The summed E-state index contributed by atoms with van der Waals surface area (Å²) in [6.07, 6.45) is 3.03. The molecule has 0 radical (unpaired) electrons. The number of ether oxygens (including phenoxy) is 1. The van der Waals surface area contributed by atoms with E-state index in [1.54, 1.807) is 0 Å². The predicted octanol–water partition coefficient (Wildman–Crippen LogP) is 2.51. The van der Waals surface area contributed by atoms with Crippen LogP contribution in [0.5, 0.6) is 0 Å². The highest BCUT2D eigenvalue weighted by Crippen LogP contribution is 2.41. The van der Waals surface area contributed by atoms with Crippen LogP contribution in [-0.2, 0) is 4.74 Å². The summed E-state index contributed by atoms with van der Waals surface area (Å²) in [7, 11) is 0. The van der Waals surface area contributed by atoms with E-state index in [1.165, 1.54) is 0 Å². The second-order valence-corrected chi connectivity index (χ2v) is 6.44. The van der Waals surface area contributed by atoms with E-state index in [2.05, 4.69) is 11.9 Å². The van der Waals surface area contributed by atoms with Crippen molar-refractivity contribution in [3.8, 4) is 0 Å². The topological polar surface area (TPSA) is 41.6 Å². The lowest BCUT2D eigenvalue weighted by Crippen LogP contribution is -2.47. The van der Waals surface area contributed by atoms with Crippen LogP contribution in [0.2, 0.25) is 0 Å². The third-order valence-corrected chi connectivity index (χ3v) is 3.81. The number of carbonyl (C=O) groups excluding carboxylic acids is 1. The highest BCUT2D eigenvalue weighted by atomic mass is 16.6. The minimum atomic E-state index is -0.424. The van der Waals surface area contributed by atoms with Gasteiger partial charge in [0.2, 0.25) is 0 Å². The molecule has 0 bridgehead atoms. The fourth-order valence-electron chi connectivity index (χ4n) is 2.86. The van der Waals surface area contributed by atoms with Crippen LogP contribution in [0, 0.1) is 5.41 Å². The minimum Gasteiger partial charge on any atom is -0.444 e. The fourth-order valence-corrected chi connectivity index (χ4v) is 2.86. The maximum absolute atomic E-state index is 12.1. The van der Waals surface area contributed by atoms with Crippen LogP contribution < -0.4 is 5.32 Å². The summed E-state index contributed by atoms with van der Waals surface area (Å²) in [5.74, 6) is 0. The molecule has 1 N–H and O–H groups in total. The molecule has 2 aliphatic rings. The number of carbonyl (C=O) groups is 1. The summed E-state index contributed by atoms with van der Waals surface area (Å²) in [6, 6.07) is 0. The van der Waals surface area contributed by atoms with Gasteiger partial charge >= 0.3 is 6.09 Å². The molecule has 1 amide bonds. The number of amides is 1. The highest BCUT2D eigenvalue weighted by molar-refractivity contribution is 5.68. The van der Waals surface area contributed by atoms with Gasteiger partial charge in [0.25, 0.3) is 0 Å². The number of piperidine rings is 1. The molecule has 2 fully saturated rings. The Morgan fingerprint density at radius 3 is 2.72 bits per heavy atom. The molecule has 18 heavy (non-hydrogen) atoms. The van der Waals surface area contributed by atoms with Crippen LogP contribution >= 0.6 is 0 Å². The van der Waals surface area contributed by atoms with Gasteiger partial charge in [-0.25, -0.2) is 4.79 Å². The monoisotopic (exact) mass is 252 g/mol. The van der Waals surface area contributed by atoms with Gasteiger partial charge in [-0.2, -0.15) is 0 Å². The summed E-state index contributed by atoms with van der Waals surface area (Å²) in [4.78, 5) is 14.0. The molecule has 2 rings (SSSR count). The number of rotatable bonds is 0. The Labute approximate surface area is 109 Å². The molecule has 0 aromatic rings. The zero-order valence-electron chi connectivity index (χ0n) is 11.7. The lowest BCUT2D eigenvalue weighted by molar-refractivity contribution is 0.00989. The van der Waals surface area contributed by atoms with Crippen LogP contribution in [0.4, 0.5) is 4.79 Å². The first kappa shape index (κ1) is 13.2. The Hall–Kier alpha value is -1.19. The Balaban J connectivity index is 2.03. The minimum absolute atomic E-state index is 0.0785. The molecule has 0 saturated carbocycles. The van der Waals surface area contributed by atoms with Crippen molar-refractivity contribution in [2.24, 2.45) is 5.41 Å². The molecule has 2 heterocycles. The molecule has 4 heteroatoms.